The first kappa shape index (κ1) is 24.2. The number of ketones is 1. The first-order chi connectivity index (χ1) is 14.3. The summed E-state index contributed by atoms with van der Waals surface area (Å²) in [5.41, 5.74) is -0.930. The van der Waals surface area contributed by atoms with Gasteiger partial charge in [-0.2, -0.15) is 0 Å². The van der Waals surface area contributed by atoms with Crippen LogP contribution >= 0.6 is 23.2 Å². The van der Waals surface area contributed by atoms with Gasteiger partial charge in [-0.1, -0.05) is 44.0 Å². The summed E-state index contributed by atoms with van der Waals surface area (Å²) in [5, 5.41) is 25.9. The van der Waals surface area contributed by atoms with Crippen LogP contribution in [0.1, 0.15) is 20.8 Å². The second kappa shape index (κ2) is 9.40. The van der Waals surface area contributed by atoms with E-state index in [0.29, 0.717) is 0 Å². The number of nitro groups is 1. The van der Waals surface area contributed by atoms with Gasteiger partial charge in [0.2, 0.25) is 0 Å². The lowest BCUT2D eigenvalue weighted by molar-refractivity contribution is -0.384. The van der Waals surface area contributed by atoms with Gasteiger partial charge in [0, 0.05) is 23.2 Å². The normalized spacial score (nSPS) is 12.1. The van der Waals surface area contributed by atoms with Crippen molar-refractivity contribution >= 4 is 52.0 Å². The largest absolute Gasteiger partial charge is 0.505 e. The van der Waals surface area contributed by atoms with E-state index in [1.54, 1.807) is 20.8 Å². The first-order valence-electron chi connectivity index (χ1n) is 8.97. The van der Waals surface area contributed by atoms with Crippen LogP contribution in [0.4, 0.5) is 17.1 Å². The average Bonchev–Trinajstić information content (AvgIpc) is 2.68. The molecule has 0 fully saturated rings. The highest BCUT2D eigenvalue weighted by Gasteiger charge is 2.35. The Morgan fingerprint density at radius 3 is 2.23 bits per heavy atom. The summed E-state index contributed by atoms with van der Waals surface area (Å²) >= 11 is 11.9. The molecule has 2 rings (SSSR count). The van der Waals surface area contributed by atoms with Crippen LogP contribution < -0.4 is 15.4 Å². The summed E-state index contributed by atoms with van der Waals surface area (Å²) in [5.74, 6) is -1.40. The Kier molecular flexibility index (Phi) is 7.35. The second-order valence-corrected chi connectivity index (χ2v) is 8.43. The quantitative estimate of drug-likeness (QED) is 0.232. The second-order valence-electron chi connectivity index (χ2n) is 7.61. The van der Waals surface area contributed by atoms with Crippen molar-refractivity contribution in [1.29, 1.82) is 0 Å². The minimum Gasteiger partial charge on any atom is -0.505 e. The van der Waals surface area contributed by atoms with Gasteiger partial charge in [-0.15, -0.1) is 0 Å². The molecule has 0 aliphatic rings. The van der Waals surface area contributed by atoms with E-state index in [2.05, 4.69) is 10.6 Å². The third-order valence-corrected chi connectivity index (χ3v) is 4.82. The molecule has 0 heterocycles. The van der Waals surface area contributed by atoms with Gasteiger partial charge in [-0.25, -0.2) is 0 Å². The van der Waals surface area contributed by atoms with Crippen LogP contribution in [0.5, 0.6) is 11.5 Å². The van der Waals surface area contributed by atoms with E-state index in [4.69, 9.17) is 27.9 Å². The molecule has 1 atom stereocenters. The smallest absolute Gasteiger partial charge is 0.271 e. The van der Waals surface area contributed by atoms with Crippen molar-refractivity contribution in [1.82, 2.24) is 0 Å². The molecule has 0 radical (unpaired) electrons. The lowest BCUT2D eigenvalue weighted by atomic mass is 9.86. The van der Waals surface area contributed by atoms with Gasteiger partial charge in [0.05, 0.1) is 27.8 Å². The Morgan fingerprint density at radius 2 is 1.74 bits per heavy atom. The van der Waals surface area contributed by atoms with Gasteiger partial charge in [-0.3, -0.25) is 19.7 Å². The number of ether oxygens (including phenoxy) is 1. The van der Waals surface area contributed by atoms with Gasteiger partial charge in [0.1, 0.15) is 5.75 Å². The lowest BCUT2D eigenvalue weighted by Crippen LogP contribution is -2.46. The van der Waals surface area contributed by atoms with Crippen molar-refractivity contribution in [3.63, 3.8) is 0 Å². The highest BCUT2D eigenvalue weighted by Crippen LogP contribution is 2.35. The number of benzene rings is 2. The number of methoxy groups -OCH3 is 1. The van der Waals surface area contributed by atoms with Gasteiger partial charge in [0.25, 0.3) is 11.6 Å². The lowest BCUT2D eigenvalue weighted by Gasteiger charge is -2.26. The third kappa shape index (κ3) is 5.77. The fourth-order valence-corrected chi connectivity index (χ4v) is 3.10. The number of halogens is 2. The van der Waals surface area contributed by atoms with Crippen molar-refractivity contribution < 1.29 is 24.4 Å². The van der Waals surface area contributed by atoms with Gasteiger partial charge in [-0.05, 0) is 18.2 Å². The molecule has 0 spiro atoms. The van der Waals surface area contributed by atoms with Crippen molar-refractivity contribution in [3.8, 4) is 11.5 Å². The summed E-state index contributed by atoms with van der Waals surface area (Å²) in [6.45, 7) is 4.92. The van der Waals surface area contributed by atoms with E-state index < -0.39 is 28.1 Å². The summed E-state index contributed by atoms with van der Waals surface area (Å²) in [7, 11) is 1.34. The van der Waals surface area contributed by atoms with E-state index >= 15 is 0 Å². The number of carbonyl (C=O) groups excluding carboxylic acids is 2. The van der Waals surface area contributed by atoms with Crippen molar-refractivity contribution in [2.45, 2.75) is 26.8 Å². The van der Waals surface area contributed by atoms with Crippen LogP contribution in [-0.2, 0) is 9.59 Å². The Labute approximate surface area is 188 Å². The van der Waals surface area contributed by atoms with Gasteiger partial charge < -0.3 is 20.5 Å². The van der Waals surface area contributed by atoms with Crippen LogP contribution in [0.2, 0.25) is 10.0 Å². The molecule has 0 bridgehead atoms. The first-order valence-corrected chi connectivity index (χ1v) is 9.73. The number of rotatable bonds is 7. The van der Waals surface area contributed by atoms with E-state index in [1.807, 2.05) is 0 Å². The van der Waals surface area contributed by atoms with Gasteiger partial charge in [0.15, 0.2) is 17.6 Å². The average molecular weight is 470 g/mol. The molecule has 0 aromatic heterocycles. The molecule has 0 saturated carbocycles. The number of hydrogen-bond donors (Lipinski definition) is 3. The molecule has 2 aromatic rings. The monoisotopic (exact) mass is 469 g/mol. The van der Waals surface area contributed by atoms with Crippen LogP contribution in [0.3, 0.4) is 0 Å². The molecule has 11 heteroatoms. The predicted molar refractivity (Wildman–Crippen MR) is 118 cm³/mol. The predicted octanol–water partition coefficient (Wildman–Crippen LogP) is 4.65. The molecule has 3 N–H and O–H groups in total. The number of anilines is 2. The highest BCUT2D eigenvalue weighted by atomic mass is 35.5. The molecule has 0 aliphatic carbocycles. The zero-order valence-electron chi connectivity index (χ0n) is 17.2. The maximum Gasteiger partial charge on any atom is 0.271 e. The molecule has 2 aromatic carbocycles. The Balaban J connectivity index is 2.43. The van der Waals surface area contributed by atoms with E-state index in [0.717, 1.165) is 6.07 Å². The molecule has 0 aliphatic heterocycles. The van der Waals surface area contributed by atoms with Crippen LogP contribution in [0, 0.1) is 15.5 Å². The Bertz CT molecular complexity index is 1010. The summed E-state index contributed by atoms with van der Waals surface area (Å²) < 4.78 is 5.15. The molecule has 1 amide bonds. The number of carbonyl (C=O) groups is 2. The SMILES string of the molecule is COc1ccc([N+](=O)[O-])cc1NC(=O)C(Nc1cc(Cl)c(O)c(Cl)c1)C(=O)C(C)(C)C. The van der Waals surface area contributed by atoms with E-state index in [1.165, 1.54) is 31.4 Å². The number of Topliss-reactive ketones (excluding diaryl/α,β-unsaturated/α-hetero) is 1. The minimum atomic E-state index is -1.40. The maximum atomic E-state index is 13.1. The Morgan fingerprint density at radius 1 is 1.16 bits per heavy atom. The molecule has 0 saturated heterocycles. The van der Waals surface area contributed by atoms with Crippen LogP contribution in [-0.4, -0.2) is 34.9 Å². The van der Waals surface area contributed by atoms with Crippen LogP contribution in [0.15, 0.2) is 30.3 Å². The standard InChI is InChI=1S/C20H21Cl2N3O6/c1-20(2,3)18(27)16(23-10-7-12(21)17(26)13(22)8-10)19(28)24-14-9-11(25(29)30)5-6-15(14)31-4/h5-9,16,23,26H,1-4H3,(H,24,28). The Hall–Kier alpha value is -3.04. The number of phenols is 1. The summed E-state index contributed by atoms with van der Waals surface area (Å²) in [4.78, 5) is 36.5. The maximum absolute atomic E-state index is 13.1. The zero-order valence-corrected chi connectivity index (χ0v) is 18.7. The number of hydrogen-bond acceptors (Lipinski definition) is 7. The van der Waals surface area contributed by atoms with Crippen LogP contribution in [0.25, 0.3) is 0 Å². The van der Waals surface area contributed by atoms with Crippen molar-refractivity contribution in [3.05, 3.63) is 50.5 Å². The molecule has 31 heavy (non-hydrogen) atoms. The fraction of sp³-hybridized carbons (Fsp3) is 0.300. The number of aromatic hydroxyl groups is 1. The number of non-ortho nitro benzene ring substituents is 1. The van der Waals surface area contributed by atoms with Gasteiger partial charge >= 0.3 is 0 Å². The summed E-state index contributed by atoms with van der Waals surface area (Å²) in [6, 6.07) is 4.91. The number of phenolic OH excluding ortho intramolecular Hbond substituents is 1. The molecule has 1 unspecified atom stereocenters. The fourth-order valence-electron chi connectivity index (χ4n) is 2.61. The minimum absolute atomic E-state index is 0.0250. The number of nitrogens with one attached hydrogen (secondary N) is 2. The van der Waals surface area contributed by atoms with Crippen molar-refractivity contribution in [2.75, 3.05) is 17.7 Å². The topological polar surface area (TPSA) is 131 Å². The number of nitrogens with zero attached hydrogens (tertiary/aromatic N) is 1. The zero-order chi connectivity index (χ0) is 23.5. The highest BCUT2D eigenvalue weighted by molar-refractivity contribution is 6.37. The number of amides is 1. The van der Waals surface area contributed by atoms with Crippen molar-refractivity contribution in [2.24, 2.45) is 5.41 Å². The molecular formula is C20H21Cl2N3O6. The van der Waals surface area contributed by atoms with E-state index in [9.17, 15) is 24.8 Å². The van der Waals surface area contributed by atoms with E-state index in [-0.39, 0.29) is 38.6 Å². The molecule has 166 valence electrons. The molecular weight excluding hydrogens is 449 g/mol. The third-order valence-electron chi connectivity index (χ3n) is 4.24. The number of nitro benzene ring substituents is 1. The summed E-state index contributed by atoms with van der Waals surface area (Å²) in [6.07, 6.45) is 0. The molecule has 9 nitrogen and oxygen atoms in total.